The summed E-state index contributed by atoms with van der Waals surface area (Å²) in [6.45, 7) is 1.82. The number of hydrogen-bond acceptors (Lipinski definition) is 6. The molecule has 2 N–H and O–H groups in total. The molecule has 5 rings (SSSR count). The number of nitrogens with one attached hydrogen (secondary N) is 2. The minimum atomic E-state index is -0.663. The smallest absolute Gasteiger partial charge is 0.255 e. The van der Waals surface area contributed by atoms with Crippen LogP contribution in [0, 0.1) is 0 Å². The molecule has 1 aliphatic heterocycles. The van der Waals surface area contributed by atoms with E-state index in [-0.39, 0.29) is 5.91 Å². The van der Waals surface area contributed by atoms with Crippen LogP contribution >= 0.6 is 23.2 Å². The summed E-state index contributed by atoms with van der Waals surface area (Å²) in [5, 5.41) is 11.8. The molecule has 1 atom stereocenters. The second-order valence-corrected chi connectivity index (χ2v) is 8.68. The Balaban J connectivity index is 1.63. The molecule has 1 amide bonds. The normalized spacial score (nSPS) is 14.8. The van der Waals surface area contributed by atoms with E-state index in [0.29, 0.717) is 50.1 Å². The zero-order valence-corrected chi connectivity index (χ0v) is 20.3. The molecule has 3 heterocycles. The quantitative estimate of drug-likeness (QED) is 0.366. The number of methoxy groups -OCH3 is 1. The van der Waals surface area contributed by atoms with E-state index in [9.17, 15) is 4.79 Å². The van der Waals surface area contributed by atoms with Crippen LogP contribution in [0.25, 0.3) is 11.4 Å². The minimum Gasteiger partial charge on any atom is -0.495 e. The molecule has 0 radical (unpaired) electrons. The highest BCUT2D eigenvalue weighted by atomic mass is 35.5. The van der Waals surface area contributed by atoms with Gasteiger partial charge >= 0.3 is 0 Å². The first kappa shape index (κ1) is 22.9. The van der Waals surface area contributed by atoms with Gasteiger partial charge in [0.05, 0.1) is 18.4 Å². The summed E-state index contributed by atoms with van der Waals surface area (Å²) in [4.78, 5) is 22.5. The Bertz CT molecular complexity index is 1450. The number of benzene rings is 2. The van der Waals surface area contributed by atoms with Crippen molar-refractivity contribution in [2.75, 3.05) is 17.7 Å². The van der Waals surface area contributed by atoms with Gasteiger partial charge in [-0.2, -0.15) is 4.98 Å². The molecule has 0 bridgehead atoms. The summed E-state index contributed by atoms with van der Waals surface area (Å²) < 4.78 is 7.05. The third kappa shape index (κ3) is 4.34. The standard InChI is InChI=1S/C25H20Cl2N6O2/c1-14-21(24(34)30-19-7-3-4-8-20(19)35-2)22(17-10-9-16(26)12-18(17)27)33-25(29-14)31-23(32-33)15-6-5-11-28-13-15/h3-13,22H,1-2H3,(H,30,34)(H,29,31,32). The van der Waals surface area contributed by atoms with E-state index in [1.165, 1.54) is 0 Å². The molecule has 0 aliphatic carbocycles. The Labute approximate surface area is 211 Å². The van der Waals surface area contributed by atoms with Crippen molar-refractivity contribution >= 4 is 40.7 Å². The Morgan fingerprint density at radius 2 is 1.97 bits per heavy atom. The lowest BCUT2D eigenvalue weighted by molar-refractivity contribution is -0.113. The molecule has 1 aliphatic rings. The summed E-state index contributed by atoms with van der Waals surface area (Å²) in [6.07, 6.45) is 3.36. The lowest BCUT2D eigenvalue weighted by Gasteiger charge is -2.29. The highest BCUT2D eigenvalue weighted by molar-refractivity contribution is 6.35. The topological polar surface area (TPSA) is 94.0 Å². The molecule has 2 aromatic heterocycles. The SMILES string of the molecule is COc1ccccc1NC(=O)C1=C(C)Nc2nc(-c3cccnc3)nn2C1c1ccc(Cl)cc1Cl. The van der Waals surface area contributed by atoms with Crippen LogP contribution in [-0.4, -0.2) is 32.8 Å². The predicted octanol–water partition coefficient (Wildman–Crippen LogP) is 5.58. The fourth-order valence-electron chi connectivity index (χ4n) is 4.01. The second-order valence-electron chi connectivity index (χ2n) is 7.83. The van der Waals surface area contributed by atoms with Gasteiger partial charge in [-0.15, -0.1) is 5.10 Å². The fourth-order valence-corrected chi connectivity index (χ4v) is 4.52. The fraction of sp³-hybridized carbons (Fsp3) is 0.120. The van der Waals surface area contributed by atoms with E-state index in [0.717, 1.165) is 5.56 Å². The van der Waals surface area contributed by atoms with Gasteiger partial charge in [-0.1, -0.05) is 41.4 Å². The number of pyridine rings is 1. The molecular weight excluding hydrogens is 487 g/mol. The van der Waals surface area contributed by atoms with Gasteiger partial charge in [0.1, 0.15) is 11.8 Å². The van der Waals surface area contributed by atoms with Crippen LogP contribution < -0.4 is 15.4 Å². The molecule has 10 heteroatoms. The Hall–Kier alpha value is -3.88. The summed E-state index contributed by atoms with van der Waals surface area (Å²) >= 11 is 12.8. The van der Waals surface area contributed by atoms with Crippen molar-refractivity contribution < 1.29 is 9.53 Å². The number of carbonyl (C=O) groups is 1. The molecule has 35 heavy (non-hydrogen) atoms. The van der Waals surface area contributed by atoms with E-state index in [4.69, 9.17) is 33.0 Å². The average molecular weight is 507 g/mol. The van der Waals surface area contributed by atoms with Crippen molar-refractivity contribution in [2.24, 2.45) is 0 Å². The Morgan fingerprint density at radius 1 is 1.14 bits per heavy atom. The number of ether oxygens (including phenoxy) is 1. The number of anilines is 2. The number of nitrogens with zero attached hydrogens (tertiary/aromatic N) is 4. The maximum Gasteiger partial charge on any atom is 0.255 e. The molecular formula is C25H20Cl2N6O2. The number of allylic oxidation sites excluding steroid dienone is 1. The van der Waals surface area contributed by atoms with E-state index in [1.807, 2.05) is 31.2 Å². The third-order valence-corrected chi connectivity index (χ3v) is 6.19. The first-order chi connectivity index (χ1) is 17.0. The average Bonchev–Trinajstić information content (AvgIpc) is 3.28. The maximum atomic E-state index is 13.7. The molecule has 0 saturated heterocycles. The highest BCUT2D eigenvalue weighted by Gasteiger charge is 2.36. The third-order valence-electron chi connectivity index (χ3n) is 5.63. The Kier molecular flexibility index (Phi) is 6.15. The van der Waals surface area contributed by atoms with Crippen LogP contribution in [0.4, 0.5) is 11.6 Å². The van der Waals surface area contributed by atoms with Crippen molar-refractivity contribution in [3.8, 4) is 17.1 Å². The van der Waals surface area contributed by atoms with Crippen LogP contribution in [0.2, 0.25) is 10.0 Å². The number of halogens is 2. The number of hydrogen-bond donors (Lipinski definition) is 2. The largest absolute Gasteiger partial charge is 0.495 e. The first-order valence-corrected chi connectivity index (χ1v) is 11.5. The second kappa shape index (κ2) is 9.40. The first-order valence-electron chi connectivity index (χ1n) is 10.7. The van der Waals surface area contributed by atoms with E-state index < -0.39 is 6.04 Å². The molecule has 0 saturated carbocycles. The number of rotatable bonds is 5. The van der Waals surface area contributed by atoms with Crippen molar-refractivity contribution in [1.29, 1.82) is 0 Å². The lowest BCUT2D eigenvalue weighted by Crippen LogP contribution is -2.31. The summed E-state index contributed by atoms with van der Waals surface area (Å²) in [5.74, 6) is 1.16. The van der Waals surface area contributed by atoms with Crippen LogP contribution in [-0.2, 0) is 4.79 Å². The van der Waals surface area contributed by atoms with Crippen LogP contribution in [0.1, 0.15) is 18.5 Å². The van der Waals surface area contributed by atoms with Gasteiger partial charge in [-0.05, 0) is 43.3 Å². The lowest BCUT2D eigenvalue weighted by atomic mass is 9.95. The molecule has 8 nitrogen and oxygen atoms in total. The monoisotopic (exact) mass is 506 g/mol. The summed E-state index contributed by atoms with van der Waals surface area (Å²) in [7, 11) is 1.55. The van der Waals surface area contributed by atoms with Gasteiger partial charge in [0, 0.05) is 39.3 Å². The van der Waals surface area contributed by atoms with Crippen LogP contribution in [0.3, 0.4) is 0 Å². The van der Waals surface area contributed by atoms with Crippen molar-refractivity contribution in [2.45, 2.75) is 13.0 Å². The molecule has 0 spiro atoms. The van der Waals surface area contributed by atoms with Crippen LogP contribution in [0.15, 0.2) is 78.3 Å². The van der Waals surface area contributed by atoms with Crippen molar-refractivity contribution in [3.63, 3.8) is 0 Å². The van der Waals surface area contributed by atoms with Gasteiger partial charge in [0.2, 0.25) is 5.95 Å². The number of amides is 1. The van der Waals surface area contributed by atoms with Gasteiger partial charge < -0.3 is 15.4 Å². The summed E-state index contributed by atoms with van der Waals surface area (Å²) in [5.41, 5.74) is 2.99. The zero-order chi connectivity index (χ0) is 24.5. The molecule has 176 valence electrons. The van der Waals surface area contributed by atoms with Gasteiger partial charge in [-0.3, -0.25) is 9.78 Å². The minimum absolute atomic E-state index is 0.334. The highest BCUT2D eigenvalue weighted by Crippen LogP contribution is 2.40. The molecule has 4 aromatic rings. The maximum absolute atomic E-state index is 13.7. The van der Waals surface area contributed by atoms with Gasteiger partial charge in [0.25, 0.3) is 5.91 Å². The zero-order valence-electron chi connectivity index (χ0n) is 18.8. The van der Waals surface area contributed by atoms with E-state index in [1.54, 1.807) is 54.5 Å². The molecule has 2 aromatic carbocycles. The number of aromatic nitrogens is 4. The van der Waals surface area contributed by atoms with Crippen molar-refractivity contribution in [3.05, 3.63) is 93.9 Å². The predicted molar refractivity (Wildman–Crippen MR) is 136 cm³/mol. The van der Waals surface area contributed by atoms with Crippen molar-refractivity contribution in [1.82, 2.24) is 19.7 Å². The summed E-state index contributed by atoms with van der Waals surface area (Å²) in [6, 6.07) is 15.4. The number of carbonyl (C=O) groups excluding carboxylic acids is 1. The van der Waals surface area contributed by atoms with Gasteiger partial charge in [-0.25, -0.2) is 4.68 Å². The number of fused-ring (bicyclic) bond motifs is 1. The van der Waals surface area contributed by atoms with Crippen LogP contribution in [0.5, 0.6) is 5.75 Å². The Morgan fingerprint density at radius 3 is 2.71 bits per heavy atom. The van der Waals surface area contributed by atoms with E-state index in [2.05, 4.69) is 20.6 Å². The molecule has 0 fully saturated rings. The number of para-hydroxylation sites is 2. The molecule has 1 unspecified atom stereocenters. The van der Waals surface area contributed by atoms with E-state index >= 15 is 0 Å². The van der Waals surface area contributed by atoms with Gasteiger partial charge in [0.15, 0.2) is 5.82 Å².